The largest absolute Gasteiger partial charge is 0.423 e. The van der Waals surface area contributed by atoms with Crippen molar-refractivity contribution in [2.75, 3.05) is 0 Å². The van der Waals surface area contributed by atoms with Crippen LogP contribution in [0, 0.1) is 11.8 Å². The lowest BCUT2D eigenvalue weighted by Crippen LogP contribution is -2.14. The molecule has 0 heterocycles. The van der Waals surface area contributed by atoms with E-state index < -0.39 is 0 Å². The van der Waals surface area contributed by atoms with Crippen molar-refractivity contribution in [3.63, 3.8) is 0 Å². The van der Waals surface area contributed by atoms with Crippen LogP contribution in [0.15, 0.2) is 18.2 Å². The standard InChI is InChI=1S/C25H40O4/c1-6-7-8-9-10-12-21-13-11-14-22(28-23(26)17-15-19(2)3)25(21)29-24(27)18-16-20(4)5/h11,13-14,19-20H,6-10,12,15-18H2,1-5H3. The Labute approximate surface area is 177 Å². The Morgan fingerprint density at radius 3 is 2.00 bits per heavy atom. The highest BCUT2D eigenvalue weighted by Gasteiger charge is 2.18. The predicted molar refractivity (Wildman–Crippen MR) is 118 cm³/mol. The molecular weight excluding hydrogens is 364 g/mol. The second-order valence-electron chi connectivity index (χ2n) is 8.72. The molecule has 0 bridgehead atoms. The van der Waals surface area contributed by atoms with Crippen LogP contribution >= 0.6 is 0 Å². The van der Waals surface area contributed by atoms with Gasteiger partial charge in [-0.1, -0.05) is 72.4 Å². The van der Waals surface area contributed by atoms with Gasteiger partial charge in [-0.15, -0.1) is 0 Å². The summed E-state index contributed by atoms with van der Waals surface area (Å²) in [4.78, 5) is 24.6. The van der Waals surface area contributed by atoms with Crippen LogP contribution in [-0.2, 0) is 16.0 Å². The quantitative estimate of drug-likeness (QED) is 0.193. The molecule has 164 valence electrons. The molecule has 0 aromatic heterocycles. The van der Waals surface area contributed by atoms with Gasteiger partial charge >= 0.3 is 11.9 Å². The highest BCUT2D eigenvalue weighted by molar-refractivity contribution is 5.76. The molecule has 0 fully saturated rings. The molecule has 4 nitrogen and oxygen atoms in total. The minimum atomic E-state index is -0.279. The zero-order chi connectivity index (χ0) is 21.6. The van der Waals surface area contributed by atoms with Crippen molar-refractivity contribution in [3.8, 4) is 11.5 Å². The summed E-state index contributed by atoms with van der Waals surface area (Å²) in [7, 11) is 0. The molecule has 0 aliphatic heterocycles. The summed E-state index contributed by atoms with van der Waals surface area (Å²) in [5.41, 5.74) is 0.938. The van der Waals surface area contributed by atoms with E-state index in [1.165, 1.54) is 19.3 Å². The number of esters is 2. The number of ether oxygens (including phenoxy) is 2. The van der Waals surface area contributed by atoms with E-state index in [-0.39, 0.29) is 11.9 Å². The van der Waals surface area contributed by atoms with Crippen LogP contribution in [0.25, 0.3) is 0 Å². The first-order chi connectivity index (χ1) is 13.8. The first-order valence-electron chi connectivity index (χ1n) is 11.4. The number of hydrogen-bond acceptors (Lipinski definition) is 4. The molecule has 1 rings (SSSR count). The third-order valence-electron chi connectivity index (χ3n) is 4.90. The SMILES string of the molecule is CCCCCCCc1cccc(OC(=O)CCC(C)C)c1OC(=O)CCC(C)C. The molecule has 0 amide bonds. The second kappa shape index (κ2) is 14.2. The number of carbonyl (C=O) groups is 2. The topological polar surface area (TPSA) is 52.6 Å². The first kappa shape index (κ1) is 25.2. The van der Waals surface area contributed by atoms with Gasteiger partial charge in [0.1, 0.15) is 0 Å². The summed E-state index contributed by atoms with van der Waals surface area (Å²) in [5, 5.41) is 0. The Morgan fingerprint density at radius 1 is 0.828 bits per heavy atom. The molecule has 0 N–H and O–H groups in total. The molecule has 0 unspecified atom stereocenters. The van der Waals surface area contributed by atoms with E-state index in [1.54, 1.807) is 6.07 Å². The number of para-hydroxylation sites is 1. The summed E-state index contributed by atoms with van der Waals surface area (Å²) < 4.78 is 11.3. The lowest BCUT2D eigenvalue weighted by Gasteiger charge is -2.15. The molecule has 0 spiro atoms. The fourth-order valence-corrected chi connectivity index (χ4v) is 3.02. The maximum Gasteiger partial charge on any atom is 0.311 e. The van der Waals surface area contributed by atoms with Gasteiger partial charge in [0.2, 0.25) is 0 Å². The summed E-state index contributed by atoms with van der Waals surface area (Å²) in [6, 6.07) is 5.56. The van der Waals surface area contributed by atoms with Crippen molar-refractivity contribution in [2.45, 2.75) is 98.8 Å². The monoisotopic (exact) mass is 404 g/mol. The molecule has 0 radical (unpaired) electrons. The lowest BCUT2D eigenvalue weighted by atomic mass is 10.0. The van der Waals surface area contributed by atoms with E-state index in [0.717, 1.165) is 37.7 Å². The summed E-state index contributed by atoms with van der Waals surface area (Å²) in [6.07, 6.45) is 8.93. The molecule has 29 heavy (non-hydrogen) atoms. The number of hydrogen-bond donors (Lipinski definition) is 0. The van der Waals surface area contributed by atoms with Crippen LogP contribution in [0.2, 0.25) is 0 Å². The highest BCUT2D eigenvalue weighted by atomic mass is 16.6. The molecule has 1 aromatic rings. The van der Waals surface area contributed by atoms with Crippen LogP contribution in [0.5, 0.6) is 11.5 Å². The van der Waals surface area contributed by atoms with Gasteiger partial charge in [-0.2, -0.15) is 0 Å². The van der Waals surface area contributed by atoms with Gasteiger partial charge in [-0.3, -0.25) is 9.59 Å². The van der Waals surface area contributed by atoms with Crippen LogP contribution in [0.1, 0.15) is 98.0 Å². The van der Waals surface area contributed by atoms with E-state index in [0.29, 0.717) is 36.2 Å². The Kier molecular flexibility index (Phi) is 12.3. The molecule has 4 heteroatoms. The fraction of sp³-hybridized carbons (Fsp3) is 0.680. The van der Waals surface area contributed by atoms with Gasteiger partial charge in [0.15, 0.2) is 11.5 Å². The van der Waals surface area contributed by atoms with Gasteiger partial charge in [-0.25, -0.2) is 0 Å². The summed E-state index contributed by atoms with van der Waals surface area (Å²) in [5.74, 6) is 1.11. The minimum Gasteiger partial charge on any atom is -0.423 e. The Bertz CT molecular complexity index is 619. The van der Waals surface area contributed by atoms with Gasteiger partial charge in [0.05, 0.1) is 0 Å². The maximum atomic E-state index is 12.4. The molecule has 0 atom stereocenters. The lowest BCUT2D eigenvalue weighted by molar-refractivity contribution is -0.137. The zero-order valence-corrected chi connectivity index (χ0v) is 19.1. The summed E-state index contributed by atoms with van der Waals surface area (Å²) in [6.45, 7) is 10.5. The molecule has 0 saturated heterocycles. The Hall–Kier alpha value is -1.84. The van der Waals surface area contributed by atoms with Crippen molar-refractivity contribution in [3.05, 3.63) is 23.8 Å². The number of carbonyl (C=O) groups excluding carboxylic acids is 2. The molecular formula is C25H40O4. The van der Waals surface area contributed by atoms with Crippen LogP contribution in [0.3, 0.4) is 0 Å². The van der Waals surface area contributed by atoms with Gasteiger partial charge in [0, 0.05) is 12.8 Å². The fourth-order valence-electron chi connectivity index (χ4n) is 3.02. The smallest absolute Gasteiger partial charge is 0.311 e. The third-order valence-corrected chi connectivity index (χ3v) is 4.90. The summed E-state index contributed by atoms with van der Waals surface area (Å²) >= 11 is 0. The van der Waals surface area contributed by atoms with Crippen molar-refractivity contribution >= 4 is 11.9 Å². The molecule has 1 aromatic carbocycles. The number of rotatable bonds is 14. The van der Waals surface area contributed by atoms with Gasteiger partial charge < -0.3 is 9.47 Å². The zero-order valence-electron chi connectivity index (χ0n) is 19.1. The average Bonchev–Trinajstić information content (AvgIpc) is 2.66. The van der Waals surface area contributed by atoms with Gasteiger partial charge in [-0.05, 0) is 49.1 Å². The normalized spacial score (nSPS) is 11.1. The maximum absolute atomic E-state index is 12.4. The molecule has 0 aliphatic carbocycles. The number of unbranched alkanes of at least 4 members (excludes halogenated alkanes) is 4. The van der Waals surface area contributed by atoms with Crippen LogP contribution < -0.4 is 9.47 Å². The van der Waals surface area contributed by atoms with Crippen LogP contribution in [-0.4, -0.2) is 11.9 Å². The van der Waals surface area contributed by atoms with E-state index in [4.69, 9.17) is 9.47 Å². The Balaban J connectivity index is 2.89. The van der Waals surface area contributed by atoms with Crippen molar-refractivity contribution in [1.82, 2.24) is 0 Å². The van der Waals surface area contributed by atoms with E-state index in [1.807, 2.05) is 12.1 Å². The van der Waals surface area contributed by atoms with Crippen LogP contribution in [0.4, 0.5) is 0 Å². The average molecular weight is 405 g/mol. The first-order valence-corrected chi connectivity index (χ1v) is 11.4. The Morgan fingerprint density at radius 2 is 1.41 bits per heavy atom. The van der Waals surface area contributed by atoms with Crippen molar-refractivity contribution in [2.24, 2.45) is 11.8 Å². The van der Waals surface area contributed by atoms with E-state index >= 15 is 0 Å². The highest BCUT2D eigenvalue weighted by Crippen LogP contribution is 2.33. The molecule has 0 saturated carbocycles. The van der Waals surface area contributed by atoms with E-state index in [9.17, 15) is 9.59 Å². The number of aryl methyl sites for hydroxylation is 1. The van der Waals surface area contributed by atoms with E-state index in [2.05, 4.69) is 34.6 Å². The van der Waals surface area contributed by atoms with Crippen molar-refractivity contribution in [1.29, 1.82) is 0 Å². The second-order valence-corrected chi connectivity index (χ2v) is 8.72. The number of benzene rings is 1. The van der Waals surface area contributed by atoms with Crippen molar-refractivity contribution < 1.29 is 19.1 Å². The minimum absolute atomic E-state index is 0.267. The molecule has 0 aliphatic rings. The van der Waals surface area contributed by atoms with Gasteiger partial charge in [0.25, 0.3) is 0 Å². The predicted octanol–water partition coefficient (Wildman–Crippen LogP) is 6.88. The third kappa shape index (κ3) is 11.1.